The number of allylic oxidation sites excluding steroid dienone is 7. The van der Waals surface area contributed by atoms with Crippen molar-refractivity contribution in [2.24, 2.45) is 0 Å². The molecular weight excluding hydrogens is 502 g/mol. The van der Waals surface area contributed by atoms with Crippen LogP contribution >= 0.6 is 11.3 Å². The number of rotatable bonds is 8. The molecule has 3 aromatic rings. The van der Waals surface area contributed by atoms with Crippen molar-refractivity contribution in [2.75, 3.05) is 13.1 Å². The first-order valence-corrected chi connectivity index (χ1v) is 14.7. The van der Waals surface area contributed by atoms with Crippen LogP contribution in [0.4, 0.5) is 0 Å². The molecule has 1 aliphatic carbocycles. The number of piperidine rings is 1. The molecule has 1 unspecified atom stereocenters. The lowest BCUT2D eigenvalue weighted by molar-refractivity contribution is 0.0138. The van der Waals surface area contributed by atoms with Crippen LogP contribution in [-0.4, -0.2) is 50.0 Å². The van der Waals surface area contributed by atoms with Gasteiger partial charge in [-0.2, -0.15) is 16.4 Å². The number of nitrogens with one attached hydrogen (secondary N) is 1. The number of thiophene rings is 1. The Labute approximate surface area is 235 Å². The summed E-state index contributed by atoms with van der Waals surface area (Å²) in [6.07, 6.45) is 14.3. The van der Waals surface area contributed by atoms with Crippen molar-refractivity contribution in [1.29, 1.82) is 0 Å². The number of aliphatic hydroxyl groups is 1. The summed E-state index contributed by atoms with van der Waals surface area (Å²) >= 11 is 1.74. The van der Waals surface area contributed by atoms with E-state index < -0.39 is 6.23 Å². The lowest BCUT2D eigenvalue weighted by atomic mass is 9.98. The molecule has 0 saturated carbocycles. The first kappa shape index (κ1) is 27.5. The van der Waals surface area contributed by atoms with Crippen molar-refractivity contribution in [1.82, 2.24) is 24.8 Å². The Hall–Kier alpha value is -3.10. The van der Waals surface area contributed by atoms with E-state index in [0.717, 1.165) is 83.7 Å². The summed E-state index contributed by atoms with van der Waals surface area (Å²) < 4.78 is 1.95. The van der Waals surface area contributed by atoms with Crippen LogP contribution in [0.1, 0.15) is 67.6 Å². The molecule has 2 N–H and O–H groups in total. The second-order valence-corrected chi connectivity index (χ2v) is 11.6. The van der Waals surface area contributed by atoms with E-state index in [-0.39, 0.29) is 0 Å². The Morgan fingerprint density at radius 3 is 2.72 bits per heavy atom. The van der Waals surface area contributed by atoms with Gasteiger partial charge in [0.25, 0.3) is 0 Å². The quantitative estimate of drug-likeness (QED) is 0.323. The highest BCUT2D eigenvalue weighted by Gasteiger charge is 2.25. The van der Waals surface area contributed by atoms with Gasteiger partial charge in [0.15, 0.2) is 5.65 Å². The van der Waals surface area contributed by atoms with Crippen molar-refractivity contribution in [3.05, 3.63) is 94.1 Å². The Kier molecular flexibility index (Phi) is 8.43. The highest BCUT2D eigenvalue weighted by molar-refractivity contribution is 7.08. The van der Waals surface area contributed by atoms with Crippen LogP contribution in [0.2, 0.25) is 0 Å². The van der Waals surface area contributed by atoms with E-state index in [1.54, 1.807) is 11.3 Å². The summed E-state index contributed by atoms with van der Waals surface area (Å²) in [5.74, 6) is 0. The fourth-order valence-electron chi connectivity index (χ4n) is 5.54. The van der Waals surface area contributed by atoms with E-state index in [0.29, 0.717) is 12.6 Å². The lowest BCUT2D eigenvalue weighted by Gasteiger charge is -2.35. The minimum absolute atomic E-state index is 0.380. The molecule has 6 nitrogen and oxygen atoms in total. The third-order valence-electron chi connectivity index (χ3n) is 7.81. The molecular formula is C32H39N5OS. The maximum Gasteiger partial charge on any atom is 0.163 e. The zero-order chi connectivity index (χ0) is 27.5. The fraction of sp³-hybridized carbons (Fsp3) is 0.375. The highest BCUT2D eigenvalue weighted by Crippen LogP contribution is 2.30. The predicted octanol–water partition coefficient (Wildman–Crippen LogP) is 6.40. The summed E-state index contributed by atoms with van der Waals surface area (Å²) in [5, 5.41) is 23.2. The average Bonchev–Trinajstić information content (AvgIpc) is 3.58. The lowest BCUT2D eigenvalue weighted by Crippen LogP contribution is -2.46. The number of hydrogen-bond donors (Lipinski definition) is 2. The van der Waals surface area contributed by atoms with Crippen LogP contribution in [0.15, 0.2) is 66.1 Å². The number of fused-ring (bicyclic) bond motifs is 1. The highest BCUT2D eigenvalue weighted by atomic mass is 32.1. The normalized spacial score (nSPS) is 21.4. The van der Waals surface area contributed by atoms with Gasteiger partial charge in [0.2, 0.25) is 0 Å². The Morgan fingerprint density at radius 1 is 1.23 bits per heavy atom. The van der Waals surface area contributed by atoms with Crippen LogP contribution in [0, 0.1) is 6.92 Å². The number of likely N-dealkylation sites (tertiary alicyclic amines) is 1. The van der Waals surface area contributed by atoms with Gasteiger partial charge in [0.05, 0.1) is 17.6 Å². The van der Waals surface area contributed by atoms with E-state index in [1.165, 1.54) is 11.1 Å². The number of aromatic nitrogens is 3. The van der Waals surface area contributed by atoms with E-state index >= 15 is 0 Å². The summed E-state index contributed by atoms with van der Waals surface area (Å²) in [6, 6.07) is 2.57. The molecule has 1 atom stereocenters. The van der Waals surface area contributed by atoms with Crippen molar-refractivity contribution >= 4 is 33.7 Å². The number of aliphatic hydroxyl groups excluding tert-OH is 1. The molecule has 1 aliphatic heterocycles. The average molecular weight is 542 g/mol. The maximum absolute atomic E-state index is 10.3. The van der Waals surface area contributed by atoms with Crippen LogP contribution in [0.25, 0.3) is 22.4 Å². The summed E-state index contributed by atoms with van der Waals surface area (Å²) in [4.78, 5) is 7.27. The molecule has 5 rings (SSSR count). The van der Waals surface area contributed by atoms with Crippen molar-refractivity contribution in [3.63, 3.8) is 0 Å². The summed E-state index contributed by atoms with van der Waals surface area (Å²) in [7, 11) is 0. The second kappa shape index (κ2) is 12.0. The molecule has 4 heterocycles. The molecule has 204 valence electrons. The maximum atomic E-state index is 10.3. The molecule has 1 saturated heterocycles. The van der Waals surface area contributed by atoms with E-state index in [1.807, 2.05) is 24.6 Å². The van der Waals surface area contributed by atoms with Gasteiger partial charge in [-0.25, -0.2) is 9.50 Å². The Balaban J connectivity index is 1.42. The molecule has 1 fully saturated rings. The smallest absolute Gasteiger partial charge is 0.163 e. The van der Waals surface area contributed by atoms with Crippen LogP contribution in [-0.2, 0) is 6.54 Å². The summed E-state index contributed by atoms with van der Waals surface area (Å²) in [5.41, 5.74) is 10.6. The van der Waals surface area contributed by atoms with E-state index in [4.69, 9.17) is 10.1 Å². The zero-order valence-corrected chi connectivity index (χ0v) is 24.1. The van der Waals surface area contributed by atoms with Crippen LogP contribution < -0.4 is 5.32 Å². The third-order valence-corrected chi connectivity index (χ3v) is 8.49. The first-order chi connectivity index (χ1) is 18.8. The van der Waals surface area contributed by atoms with Crippen LogP contribution in [0.5, 0.6) is 0 Å². The second-order valence-electron chi connectivity index (χ2n) is 10.8. The SMILES string of the molecule is C=C(C)c1c(C)c(CNC2CCN(C(O)C(=C)C)CC2)nc2c(C3=C/C=C(/c4ccsc4)CC\C=C\3)cnn12. The molecule has 0 radical (unpaired) electrons. The molecule has 0 bridgehead atoms. The molecule has 0 spiro atoms. The fourth-order valence-corrected chi connectivity index (χ4v) is 6.22. The number of nitrogens with zero attached hydrogens (tertiary/aromatic N) is 4. The van der Waals surface area contributed by atoms with Gasteiger partial charge in [-0.3, -0.25) is 4.90 Å². The van der Waals surface area contributed by atoms with Crippen LogP contribution in [0.3, 0.4) is 0 Å². The topological polar surface area (TPSA) is 65.7 Å². The van der Waals surface area contributed by atoms with Crippen molar-refractivity contribution < 1.29 is 5.11 Å². The third kappa shape index (κ3) is 5.92. The predicted molar refractivity (Wildman–Crippen MR) is 163 cm³/mol. The largest absolute Gasteiger partial charge is 0.374 e. The van der Waals surface area contributed by atoms with Gasteiger partial charge < -0.3 is 10.4 Å². The van der Waals surface area contributed by atoms with Gasteiger partial charge in [0, 0.05) is 31.2 Å². The molecule has 0 amide bonds. The van der Waals surface area contributed by atoms with Crippen molar-refractivity contribution in [2.45, 2.75) is 65.3 Å². The van der Waals surface area contributed by atoms with E-state index in [9.17, 15) is 5.11 Å². The molecule has 3 aromatic heterocycles. The van der Waals surface area contributed by atoms with Gasteiger partial charge in [-0.15, -0.1) is 0 Å². The van der Waals surface area contributed by atoms with Gasteiger partial charge >= 0.3 is 0 Å². The first-order valence-electron chi connectivity index (χ1n) is 13.8. The van der Waals surface area contributed by atoms with Gasteiger partial charge in [-0.05, 0) is 96.7 Å². The molecule has 39 heavy (non-hydrogen) atoms. The van der Waals surface area contributed by atoms with E-state index in [2.05, 4.69) is 71.4 Å². The molecule has 0 aromatic carbocycles. The molecule has 7 heteroatoms. The standard InChI is InChI=1S/C32H39N5OS/c1-21(2)30-23(5)29(19-33-27-12-15-36(16-13-27)32(38)22(3)4)35-31-28(18-34-37(30)31)25-9-7-6-8-24(10-11-25)26-14-17-39-20-26/h7,9-11,14,17-18,20,27,32-33,38H,1,3,6,8,12-13,15-16,19H2,2,4-5H3/b9-7+,24-10+,25-11+. The Bertz CT molecular complexity index is 1450. The van der Waals surface area contributed by atoms with Crippen molar-refractivity contribution in [3.8, 4) is 0 Å². The minimum Gasteiger partial charge on any atom is -0.374 e. The summed E-state index contributed by atoms with van der Waals surface area (Å²) in [6.45, 7) is 16.6. The minimum atomic E-state index is -0.552. The molecule has 2 aliphatic rings. The van der Waals surface area contributed by atoms with Gasteiger partial charge in [0.1, 0.15) is 6.23 Å². The zero-order valence-electron chi connectivity index (χ0n) is 23.3. The monoisotopic (exact) mass is 541 g/mol. The number of hydrogen-bond acceptors (Lipinski definition) is 6. The Morgan fingerprint density at radius 2 is 2.03 bits per heavy atom. The van der Waals surface area contributed by atoms with Gasteiger partial charge in [-0.1, -0.05) is 37.5 Å².